The Labute approximate surface area is 179 Å². The van der Waals surface area contributed by atoms with Gasteiger partial charge in [0.1, 0.15) is 5.75 Å². The topological polar surface area (TPSA) is 65.4 Å². The molecule has 0 aliphatic carbocycles. The molecule has 2 aromatic carbocycles. The van der Waals surface area contributed by atoms with Gasteiger partial charge in [-0.25, -0.2) is 0 Å². The molecule has 0 fully saturated rings. The number of halogens is 1. The fourth-order valence-corrected chi connectivity index (χ4v) is 3.20. The van der Waals surface area contributed by atoms with Crippen molar-refractivity contribution in [3.63, 3.8) is 0 Å². The molecule has 0 bridgehead atoms. The molecule has 2 aromatic rings. The molecule has 0 heterocycles. The number of benzene rings is 2. The largest absolute Gasteiger partial charge is 0.492 e. The summed E-state index contributed by atoms with van der Waals surface area (Å²) in [6, 6.07) is 17.1. The number of thiocarbonyl (C=S) groups is 1. The normalized spacial score (nSPS) is 10.0. The summed E-state index contributed by atoms with van der Waals surface area (Å²) in [5.74, 6) is 0.392. The third-order valence-corrected chi connectivity index (χ3v) is 4.85. The highest BCUT2D eigenvalue weighted by Crippen LogP contribution is 2.26. The number of nitrogens with one attached hydrogen (secondary N) is 1. The van der Waals surface area contributed by atoms with E-state index in [-0.39, 0.29) is 5.91 Å². The average Bonchev–Trinajstić information content (AvgIpc) is 2.70. The molecular weight excluding hydrogens is 438 g/mol. The molecule has 146 valence electrons. The second kappa shape index (κ2) is 11.4. The Balaban J connectivity index is 2.06. The van der Waals surface area contributed by atoms with E-state index in [1.807, 2.05) is 42.2 Å². The molecule has 0 atom stereocenters. The number of nitrogens with zero attached hydrogens (tertiary/aromatic N) is 2. The van der Waals surface area contributed by atoms with Crippen LogP contribution in [0.5, 0.6) is 5.75 Å². The van der Waals surface area contributed by atoms with Crippen LogP contribution in [0.4, 0.5) is 0 Å². The first-order chi connectivity index (χ1) is 13.5. The molecule has 0 aliphatic rings. The molecule has 28 heavy (non-hydrogen) atoms. The van der Waals surface area contributed by atoms with Gasteiger partial charge in [0.25, 0.3) is 5.91 Å². The predicted molar refractivity (Wildman–Crippen MR) is 117 cm³/mol. The fourth-order valence-electron chi connectivity index (χ4n) is 2.46. The van der Waals surface area contributed by atoms with Crippen molar-refractivity contribution < 1.29 is 9.53 Å². The van der Waals surface area contributed by atoms with Crippen LogP contribution in [0, 0.1) is 11.3 Å². The number of rotatable bonds is 8. The third kappa shape index (κ3) is 6.63. The van der Waals surface area contributed by atoms with Crippen LogP contribution in [-0.2, 0) is 6.54 Å². The Bertz CT molecular complexity index is 852. The van der Waals surface area contributed by atoms with Crippen molar-refractivity contribution in [2.75, 3.05) is 13.2 Å². The molecule has 2 rings (SSSR count). The van der Waals surface area contributed by atoms with Gasteiger partial charge in [-0.2, -0.15) is 5.26 Å². The quantitative estimate of drug-likeness (QED) is 0.581. The Kier molecular flexibility index (Phi) is 8.92. The van der Waals surface area contributed by atoms with Crippen molar-refractivity contribution in [2.24, 2.45) is 0 Å². The van der Waals surface area contributed by atoms with E-state index >= 15 is 0 Å². The molecule has 0 spiro atoms. The molecule has 0 aliphatic heterocycles. The third-order valence-electron chi connectivity index (χ3n) is 3.87. The lowest BCUT2D eigenvalue weighted by atomic mass is 10.2. The van der Waals surface area contributed by atoms with Crippen molar-refractivity contribution in [1.82, 2.24) is 10.2 Å². The highest BCUT2D eigenvalue weighted by atomic mass is 79.9. The zero-order valence-corrected chi connectivity index (χ0v) is 18.1. The van der Waals surface area contributed by atoms with Gasteiger partial charge in [-0.05, 0) is 58.3 Å². The SMILES string of the molecule is CCCOc1ccc(C(=O)NC(=S)N(CCC#N)Cc2ccccc2)cc1Br. The fraction of sp³-hybridized carbons (Fsp3) is 0.286. The van der Waals surface area contributed by atoms with Crippen molar-refractivity contribution in [3.05, 3.63) is 64.1 Å². The Hall–Kier alpha value is -2.43. The van der Waals surface area contributed by atoms with Gasteiger partial charge in [0.05, 0.1) is 23.6 Å². The van der Waals surface area contributed by atoms with Crippen LogP contribution >= 0.6 is 28.1 Å². The van der Waals surface area contributed by atoms with E-state index in [0.717, 1.165) is 12.0 Å². The lowest BCUT2D eigenvalue weighted by Gasteiger charge is -2.24. The zero-order chi connectivity index (χ0) is 20.4. The van der Waals surface area contributed by atoms with E-state index in [0.29, 0.717) is 47.0 Å². The van der Waals surface area contributed by atoms with Crippen molar-refractivity contribution >= 4 is 39.2 Å². The van der Waals surface area contributed by atoms with Gasteiger partial charge in [0.2, 0.25) is 0 Å². The maximum Gasteiger partial charge on any atom is 0.257 e. The number of nitriles is 1. The van der Waals surface area contributed by atoms with Crippen molar-refractivity contribution in [2.45, 2.75) is 26.3 Å². The van der Waals surface area contributed by atoms with Crippen molar-refractivity contribution in [3.8, 4) is 11.8 Å². The van der Waals surface area contributed by atoms with Crippen LogP contribution in [0.15, 0.2) is 53.0 Å². The van der Waals surface area contributed by atoms with Crippen LogP contribution in [0.1, 0.15) is 35.7 Å². The highest BCUT2D eigenvalue weighted by Gasteiger charge is 2.15. The predicted octanol–water partition coefficient (Wildman–Crippen LogP) is 4.67. The Morgan fingerprint density at radius 1 is 1.29 bits per heavy atom. The minimum Gasteiger partial charge on any atom is -0.492 e. The Morgan fingerprint density at radius 2 is 2.04 bits per heavy atom. The lowest BCUT2D eigenvalue weighted by Crippen LogP contribution is -2.42. The summed E-state index contributed by atoms with van der Waals surface area (Å²) in [4.78, 5) is 14.4. The second-order valence-electron chi connectivity index (χ2n) is 6.07. The summed E-state index contributed by atoms with van der Waals surface area (Å²) in [5.41, 5.74) is 1.52. The standard InChI is InChI=1S/C21H22BrN3O2S/c1-2-13-27-19-10-9-17(14-18(19)22)20(26)24-21(28)25(12-6-11-23)15-16-7-4-3-5-8-16/h3-5,7-10,14H,2,6,12-13,15H2,1H3,(H,24,26,28). The van der Waals surface area contributed by atoms with E-state index in [4.69, 9.17) is 22.2 Å². The van der Waals surface area contributed by atoms with Gasteiger partial charge in [-0.15, -0.1) is 0 Å². The van der Waals surface area contributed by atoms with Crippen LogP contribution in [-0.4, -0.2) is 29.1 Å². The maximum atomic E-state index is 12.6. The van der Waals surface area contributed by atoms with E-state index < -0.39 is 0 Å². The van der Waals surface area contributed by atoms with E-state index in [1.165, 1.54) is 0 Å². The minimum atomic E-state index is -0.303. The number of ether oxygens (including phenoxy) is 1. The summed E-state index contributed by atoms with van der Waals surface area (Å²) >= 11 is 8.86. The number of carbonyl (C=O) groups excluding carboxylic acids is 1. The zero-order valence-electron chi connectivity index (χ0n) is 15.7. The van der Waals surface area contributed by atoms with E-state index in [1.54, 1.807) is 18.2 Å². The first-order valence-corrected chi connectivity index (χ1v) is 10.2. The molecule has 5 nitrogen and oxygen atoms in total. The van der Waals surface area contributed by atoms with Gasteiger partial charge in [-0.1, -0.05) is 37.3 Å². The molecule has 0 aromatic heterocycles. The van der Waals surface area contributed by atoms with Crippen LogP contribution in [0.3, 0.4) is 0 Å². The number of hydrogen-bond donors (Lipinski definition) is 1. The van der Waals surface area contributed by atoms with Gasteiger partial charge >= 0.3 is 0 Å². The Morgan fingerprint density at radius 3 is 2.68 bits per heavy atom. The molecule has 0 saturated carbocycles. The molecule has 1 N–H and O–H groups in total. The molecular formula is C21H22BrN3O2S. The van der Waals surface area contributed by atoms with Gasteiger partial charge in [0, 0.05) is 18.7 Å². The summed E-state index contributed by atoms with van der Waals surface area (Å²) in [7, 11) is 0. The van der Waals surface area contributed by atoms with Gasteiger partial charge in [-0.3, -0.25) is 10.1 Å². The monoisotopic (exact) mass is 459 g/mol. The number of amides is 1. The summed E-state index contributed by atoms with van der Waals surface area (Å²) in [6.07, 6.45) is 1.22. The molecule has 7 heteroatoms. The van der Waals surface area contributed by atoms with Crippen molar-refractivity contribution in [1.29, 1.82) is 5.26 Å². The smallest absolute Gasteiger partial charge is 0.257 e. The van der Waals surface area contributed by atoms with Crippen LogP contribution in [0.25, 0.3) is 0 Å². The minimum absolute atomic E-state index is 0.298. The van der Waals surface area contributed by atoms with Crippen LogP contribution < -0.4 is 10.1 Å². The van der Waals surface area contributed by atoms with Gasteiger partial charge < -0.3 is 9.64 Å². The summed E-state index contributed by atoms with van der Waals surface area (Å²) in [5, 5.41) is 12.0. The van der Waals surface area contributed by atoms with Crippen LogP contribution in [0.2, 0.25) is 0 Å². The first-order valence-electron chi connectivity index (χ1n) is 8.98. The molecule has 0 saturated heterocycles. The molecule has 0 radical (unpaired) electrons. The number of hydrogen-bond acceptors (Lipinski definition) is 4. The first kappa shape index (κ1) is 21.9. The number of carbonyl (C=O) groups is 1. The second-order valence-corrected chi connectivity index (χ2v) is 7.31. The average molecular weight is 460 g/mol. The highest BCUT2D eigenvalue weighted by molar-refractivity contribution is 9.10. The summed E-state index contributed by atoms with van der Waals surface area (Å²) < 4.78 is 6.32. The lowest BCUT2D eigenvalue weighted by molar-refractivity contribution is 0.0973. The molecule has 1 amide bonds. The van der Waals surface area contributed by atoms with E-state index in [9.17, 15) is 4.79 Å². The maximum absolute atomic E-state index is 12.6. The van der Waals surface area contributed by atoms with E-state index in [2.05, 4.69) is 27.3 Å². The summed E-state index contributed by atoms with van der Waals surface area (Å²) in [6.45, 7) is 3.61. The molecule has 0 unspecified atom stereocenters. The van der Waals surface area contributed by atoms with Gasteiger partial charge in [0.15, 0.2) is 5.11 Å².